The van der Waals surface area contributed by atoms with E-state index in [1.54, 1.807) is 0 Å². The second kappa shape index (κ2) is 12.5. The fraction of sp³-hybridized carbons (Fsp3) is 0. The minimum Gasteiger partial charge on any atom is -0.456 e. The number of benzene rings is 9. The third kappa shape index (κ3) is 5.12. The van der Waals surface area contributed by atoms with Gasteiger partial charge < -0.3 is 9.32 Å². The van der Waals surface area contributed by atoms with Crippen molar-refractivity contribution in [2.45, 2.75) is 0 Å². The van der Waals surface area contributed by atoms with E-state index in [0.717, 1.165) is 50.5 Å². The zero-order valence-corrected chi connectivity index (χ0v) is 28.4. The summed E-state index contributed by atoms with van der Waals surface area (Å²) in [7, 11) is 0. The molecule has 0 amide bonds. The molecule has 2 heteroatoms. The Morgan fingerprint density at radius 3 is 1.60 bits per heavy atom. The quantitative estimate of drug-likeness (QED) is 0.165. The molecule has 0 unspecified atom stereocenters. The van der Waals surface area contributed by atoms with E-state index >= 15 is 0 Å². The van der Waals surface area contributed by atoms with Crippen molar-refractivity contribution in [1.82, 2.24) is 0 Å². The molecule has 0 atom stereocenters. The Hall–Kier alpha value is -6.90. The minimum absolute atomic E-state index is 0.873. The van der Waals surface area contributed by atoms with Crippen molar-refractivity contribution < 1.29 is 4.42 Å². The first-order valence-corrected chi connectivity index (χ1v) is 17.8. The molecule has 0 radical (unpaired) electrons. The van der Waals surface area contributed by atoms with Gasteiger partial charge >= 0.3 is 0 Å². The SMILES string of the molecule is c1ccc(-c2cc3ccccc3o2)c(-c2ccc(N(c3ccc(-c4cc5ccccc5c5ccccc45)cc3)c3cccc4ccccc34)cc2)c1. The number of furan rings is 1. The molecule has 0 saturated heterocycles. The molecule has 0 aliphatic heterocycles. The van der Waals surface area contributed by atoms with Gasteiger partial charge in [0.25, 0.3) is 0 Å². The van der Waals surface area contributed by atoms with Gasteiger partial charge in [-0.25, -0.2) is 0 Å². The highest BCUT2D eigenvalue weighted by molar-refractivity contribution is 6.13. The van der Waals surface area contributed by atoms with Gasteiger partial charge in [-0.2, -0.15) is 0 Å². The largest absolute Gasteiger partial charge is 0.456 e. The predicted octanol–water partition coefficient (Wildman–Crippen LogP) is 14.4. The average molecular weight is 664 g/mol. The van der Waals surface area contributed by atoms with E-state index in [2.05, 4.69) is 187 Å². The summed E-state index contributed by atoms with van der Waals surface area (Å²) in [4.78, 5) is 2.37. The average Bonchev–Trinajstić information content (AvgIpc) is 3.66. The molecule has 1 heterocycles. The van der Waals surface area contributed by atoms with Gasteiger partial charge in [0.05, 0.1) is 5.69 Å². The molecule has 0 spiro atoms. The highest BCUT2D eigenvalue weighted by Gasteiger charge is 2.18. The van der Waals surface area contributed by atoms with E-state index in [-0.39, 0.29) is 0 Å². The van der Waals surface area contributed by atoms with E-state index in [0.29, 0.717) is 0 Å². The van der Waals surface area contributed by atoms with Crippen LogP contribution in [0.1, 0.15) is 0 Å². The number of nitrogens with zero attached hydrogens (tertiary/aromatic N) is 1. The van der Waals surface area contributed by atoms with Crippen molar-refractivity contribution in [1.29, 1.82) is 0 Å². The summed E-state index contributed by atoms with van der Waals surface area (Å²) >= 11 is 0. The van der Waals surface area contributed by atoms with Crippen LogP contribution in [0, 0.1) is 0 Å². The lowest BCUT2D eigenvalue weighted by atomic mass is 9.93. The Balaban J connectivity index is 1.08. The van der Waals surface area contributed by atoms with Crippen LogP contribution < -0.4 is 4.90 Å². The van der Waals surface area contributed by atoms with Crippen LogP contribution in [0.5, 0.6) is 0 Å². The second-order valence-corrected chi connectivity index (χ2v) is 13.3. The molecule has 244 valence electrons. The van der Waals surface area contributed by atoms with Crippen molar-refractivity contribution in [3.8, 4) is 33.6 Å². The van der Waals surface area contributed by atoms with Crippen LogP contribution >= 0.6 is 0 Å². The topological polar surface area (TPSA) is 16.4 Å². The van der Waals surface area contributed by atoms with Crippen LogP contribution in [-0.2, 0) is 0 Å². The van der Waals surface area contributed by atoms with E-state index in [1.807, 2.05) is 18.2 Å². The van der Waals surface area contributed by atoms with Crippen molar-refractivity contribution in [2.24, 2.45) is 0 Å². The van der Waals surface area contributed by atoms with Crippen LogP contribution in [0.2, 0.25) is 0 Å². The smallest absolute Gasteiger partial charge is 0.136 e. The lowest BCUT2D eigenvalue weighted by Crippen LogP contribution is -2.10. The number of hydrogen-bond donors (Lipinski definition) is 0. The highest BCUT2D eigenvalue weighted by atomic mass is 16.3. The van der Waals surface area contributed by atoms with Gasteiger partial charge in [-0.15, -0.1) is 0 Å². The number of fused-ring (bicyclic) bond motifs is 5. The van der Waals surface area contributed by atoms with Crippen LogP contribution in [0.3, 0.4) is 0 Å². The van der Waals surface area contributed by atoms with Gasteiger partial charge in [0, 0.05) is 27.7 Å². The standard InChI is InChI=1S/C50H33NO/c1-5-18-43-34(12-1)15-11-22-48(43)51(40-30-26-36(27-31-40)47-32-37-13-2-4-17-42(37)44-19-7-8-20-45(44)47)39-28-24-35(25-29-39)41-16-6-9-21-46(41)50-33-38-14-3-10-23-49(38)52-50/h1-33H. The monoisotopic (exact) mass is 663 g/mol. The maximum absolute atomic E-state index is 6.31. The number of anilines is 3. The first-order valence-electron chi connectivity index (χ1n) is 17.8. The lowest BCUT2D eigenvalue weighted by molar-refractivity contribution is 0.632. The van der Waals surface area contributed by atoms with Gasteiger partial charge in [0.2, 0.25) is 0 Å². The van der Waals surface area contributed by atoms with Crippen molar-refractivity contribution in [3.05, 3.63) is 200 Å². The summed E-state index contributed by atoms with van der Waals surface area (Å²) in [6.45, 7) is 0. The zero-order chi connectivity index (χ0) is 34.4. The van der Waals surface area contributed by atoms with E-state index in [1.165, 1.54) is 43.4 Å². The first-order chi connectivity index (χ1) is 25.8. The molecular formula is C50H33NO. The van der Waals surface area contributed by atoms with Crippen LogP contribution in [0.15, 0.2) is 205 Å². The fourth-order valence-electron chi connectivity index (χ4n) is 7.77. The first kappa shape index (κ1) is 30.0. The molecule has 9 aromatic carbocycles. The van der Waals surface area contributed by atoms with Gasteiger partial charge in [-0.05, 0) is 97.7 Å². The Labute approximate surface area is 302 Å². The van der Waals surface area contributed by atoms with Crippen molar-refractivity contribution in [2.75, 3.05) is 4.90 Å². The Bertz CT molecular complexity index is 2860. The molecule has 0 saturated carbocycles. The molecule has 10 aromatic rings. The predicted molar refractivity (Wildman–Crippen MR) is 220 cm³/mol. The molecule has 0 aliphatic carbocycles. The second-order valence-electron chi connectivity index (χ2n) is 13.3. The summed E-state index contributed by atoms with van der Waals surface area (Å²) in [5.74, 6) is 0.873. The van der Waals surface area contributed by atoms with Gasteiger partial charge in [0.1, 0.15) is 11.3 Å². The Kier molecular flexibility index (Phi) is 7.18. The molecule has 0 bridgehead atoms. The molecule has 52 heavy (non-hydrogen) atoms. The maximum Gasteiger partial charge on any atom is 0.136 e. The number of para-hydroxylation sites is 1. The molecule has 10 rings (SSSR count). The summed E-state index contributed by atoms with van der Waals surface area (Å²) in [5.41, 5.74) is 10.0. The van der Waals surface area contributed by atoms with Crippen LogP contribution in [-0.4, -0.2) is 0 Å². The normalized spacial score (nSPS) is 11.5. The van der Waals surface area contributed by atoms with Gasteiger partial charge in [-0.3, -0.25) is 0 Å². The summed E-state index contributed by atoms with van der Waals surface area (Å²) in [5, 5.41) is 8.59. The molecule has 0 aliphatic rings. The van der Waals surface area contributed by atoms with Crippen molar-refractivity contribution in [3.63, 3.8) is 0 Å². The number of hydrogen-bond acceptors (Lipinski definition) is 2. The molecule has 0 fully saturated rings. The minimum atomic E-state index is 0.873. The molecule has 1 aromatic heterocycles. The highest BCUT2D eigenvalue weighted by Crippen LogP contribution is 2.42. The van der Waals surface area contributed by atoms with Crippen molar-refractivity contribution >= 4 is 60.3 Å². The fourth-order valence-corrected chi connectivity index (χ4v) is 7.77. The lowest BCUT2D eigenvalue weighted by Gasteiger charge is -2.27. The Morgan fingerprint density at radius 1 is 0.327 bits per heavy atom. The van der Waals surface area contributed by atoms with Gasteiger partial charge in [0.15, 0.2) is 0 Å². The van der Waals surface area contributed by atoms with E-state index in [4.69, 9.17) is 4.42 Å². The summed E-state index contributed by atoms with van der Waals surface area (Å²) < 4.78 is 6.31. The summed E-state index contributed by atoms with van der Waals surface area (Å²) in [6.07, 6.45) is 0. The summed E-state index contributed by atoms with van der Waals surface area (Å²) in [6, 6.07) is 71.7. The zero-order valence-electron chi connectivity index (χ0n) is 28.4. The third-order valence-corrected chi connectivity index (χ3v) is 10.3. The Morgan fingerprint density at radius 2 is 0.865 bits per heavy atom. The van der Waals surface area contributed by atoms with Crippen LogP contribution in [0.4, 0.5) is 17.1 Å². The van der Waals surface area contributed by atoms with E-state index in [9.17, 15) is 0 Å². The molecule has 2 nitrogen and oxygen atoms in total. The molecule has 0 N–H and O–H groups in total. The van der Waals surface area contributed by atoms with E-state index < -0.39 is 0 Å². The van der Waals surface area contributed by atoms with Gasteiger partial charge in [-0.1, -0.05) is 152 Å². The maximum atomic E-state index is 6.31. The molecular weight excluding hydrogens is 631 g/mol. The number of rotatable bonds is 6. The third-order valence-electron chi connectivity index (χ3n) is 10.3. The van der Waals surface area contributed by atoms with Crippen LogP contribution in [0.25, 0.3) is 76.9 Å².